The van der Waals surface area contributed by atoms with E-state index in [-0.39, 0.29) is 0 Å². The largest absolute Gasteiger partial charge is 0.405 e. The van der Waals surface area contributed by atoms with Crippen LogP contribution in [-0.4, -0.2) is 29.3 Å². The fourth-order valence-electron chi connectivity index (χ4n) is 1.81. The second-order valence-corrected chi connectivity index (χ2v) is 6.65. The molecule has 1 atom stereocenters. The van der Waals surface area contributed by atoms with E-state index in [1.807, 2.05) is 0 Å². The van der Waals surface area contributed by atoms with Crippen LogP contribution in [0.3, 0.4) is 0 Å². The van der Waals surface area contributed by atoms with Gasteiger partial charge in [-0.15, -0.1) is 0 Å². The highest BCUT2D eigenvalue weighted by atomic mass is 35.5. The van der Waals surface area contributed by atoms with Gasteiger partial charge in [0.05, 0.1) is 6.61 Å². The zero-order chi connectivity index (χ0) is 12.7. The van der Waals surface area contributed by atoms with Gasteiger partial charge in [0.2, 0.25) is 0 Å². The third-order valence-electron chi connectivity index (χ3n) is 2.79. The summed E-state index contributed by atoms with van der Waals surface area (Å²) in [6.07, 6.45) is 5.42. The standard InChI is InChI=1S/C11H21ClNO3P/c1-11(12)7-3-2-6-10-16-17(14,15)13-8-4-5-9-13/h1-10H2,(H,14,15). The first kappa shape index (κ1) is 15.2. The molecule has 0 spiro atoms. The average Bonchev–Trinajstić information content (AvgIpc) is 2.76. The molecule has 1 N–H and O–H groups in total. The third kappa shape index (κ3) is 6.03. The number of hydrogen-bond acceptors (Lipinski definition) is 2. The molecule has 0 aromatic carbocycles. The Bertz CT molecular complexity index is 292. The van der Waals surface area contributed by atoms with E-state index >= 15 is 0 Å². The molecule has 1 aliphatic rings. The van der Waals surface area contributed by atoms with Crippen LogP contribution in [0, 0.1) is 0 Å². The van der Waals surface area contributed by atoms with Gasteiger partial charge in [-0.1, -0.05) is 24.6 Å². The molecule has 1 aliphatic heterocycles. The molecule has 0 saturated carbocycles. The lowest BCUT2D eigenvalue weighted by atomic mass is 10.2. The van der Waals surface area contributed by atoms with E-state index in [2.05, 4.69) is 6.58 Å². The first-order chi connectivity index (χ1) is 8.02. The lowest BCUT2D eigenvalue weighted by Gasteiger charge is -2.21. The van der Waals surface area contributed by atoms with Crippen molar-refractivity contribution in [2.24, 2.45) is 0 Å². The van der Waals surface area contributed by atoms with Crippen LogP contribution in [0.5, 0.6) is 0 Å². The van der Waals surface area contributed by atoms with Crippen LogP contribution < -0.4 is 0 Å². The molecule has 0 aromatic heterocycles. The van der Waals surface area contributed by atoms with Gasteiger partial charge in [-0.25, -0.2) is 9.24 Å². The summed E-state index contributed by atoms with van der Waals surface area (Å²) in [5.74, 6) is 0. The maximum atomic E-state index is 11.8. The highest BCUT2D eigenvalue weighted by Gasteiger charge is 2.31. The smallest absolute Gasteiger partial charge is 0.312 e. The van der Waals surface area contributed by atoms with E-state index in [1.54, 1.807) is 4.67 Å². The predicted octanol–water partition coefficient (Wildman–Crippen LogP) is 3.51. The maximum absolute atomic E-state index is 11.8. The van der Waals surface area contributed by atoms with Gasteiger partial charge in [-0.3, -0.25) is 4.52 Å². The van der Waals surface area contributed by atoms with E-state index in [4.69, 9.17) is 16.1 Å². The summed E-state index contributed by atoms with van der Waals surface area (Å²) in [5, 5.41) is 0.663. The van der Waals surface area contributed by atoms with Crippen molar-refractivity contribution in [1.29, 1.82) is 0 Å². The van der Waals surface area contributed by atoms with Crippen LogP contribution in [0.2, 0.25) is 0 Å². The summed E-state index contributed by atoms with van der Waals surface area (Å²) in [6.45, 7) is 5.27. The second-order valence-electron chi connectivity index (χ2n) is 4.31. The Balaban J connectivity index is 2.08. The van der Waals surface area contributed by atoms with Crippen LogP contribution in [0.25, 0.3) is 0 Å². The van der Waals surface area contributed by atoms with Gasteiger partial charge in [-0.05, 0) is 32.1 Å². The van der Waals surface area contributed by atoms with Crippen molar-refractivity contribution in [3.05, 3.63) is 11.6 Å². The van der Waals surface area contributed by atoms with Crippen LogP contribution >= 0.6 is 19.3 Å². The van der Waals surface area contributed by atoms with Crippen LogP contribution in [-0.2, 0) is 9.09 Å². The molecule has 1 unspecified atom stereocenters. The van der Waals surface area contributed by atoms with E-state index in [1.165, 1.54) is 0 Å². The normalized spacial score (nSPS) is 20.4. The second kappa shape index (κ2) is 7.55. The number of rotatable bonds is 8. The summed E-state index contributed by atoms with van der Waals surface area (Å²) >= 11 is 5.63. The highest BCUT2D eigenvalue weighted by molar-refractivity contribution is 7.50. The molecule has 0 bridgehead atoms. The summed E-state index contributed by atoms with van der Waals surface area (Å²) in [7, 11) is -3.52. The van der Waals surface area contributed by atoms with Crippen molar-refractivity contribution in [1.82, 2.24) is 4.67 Å². The minimum Gasteiger partial charge on any atom is -0.312 e. The Labute approximate surface area is 108 Å². The minimum atomic E-state index is -3.52. The lowest BCUT2D eigenvalue weighted by molar-refractivity contribution is 0.208. The summed E-state index contributed by atoms with van der Waals surface area (Å²) in [6, 6.07) is 0. The van der Waals surface area contributed by atoms with Crippen molar-refractivity contribution >= 4 is 19.3 Å². The summed E-state index contributed by atoms with van der Waals surface area (Å²) in [4.78, 5) is 9.68. The molecule has 0 aliphatic carbocycles. The molecular weight excluding hydrogens is 261 g/mol. The average molecular weight is 282 g/mol. The number of nitrogens with zero attached hydrogens (tertiary/aromatic N) is 1. The topological polar surface area (TPSA) is 49.8 Å². The lowest BCUT2D eigenvalue weighted by Crippen LogP contribution is -2.17. The number of hydrogen-bond donors (Lipinski definition) is 1. The van der Waals surface area contributed by atoms with Crippen LogP contribution in [0.4, 0.5) is 0 Å². The SMILES string of the molecule is C=C(Cl)CCCCCOP(=O)(O)N1CCCC1. The molecule has 6 heteroatoms. The van der Waals surface area contributed by atoms with Gasteiger partial charge in [0.15, 0.2) is 0 Å². The summed E-state index contributed by atoms with van der Waals surface area (Å²) in [5.41, 5.74) is 0. The molecule has 0 radical (unpaired) electrons. The van der Waals surface area contributed by atoms with Crippen molar-refractivity contribution in [2.45, 2.75) is 38.5 Å². The van der Waals surface area contributed by atoms with Crippen molar-refractivity contribution in [2.75, 3.05) is 19.7 Å². The quantitative estimate of drug-likeness (QED) is 0.546. The molecule has 1 saturated heterocycles. The van der Waals surface area contributed by atoms with Crippen LogP contribution in [0.15, 0.2) is 11.6 Å². The highest BCUT2D eigenvalue weighted by Crippen LogP contribution is 2.48. The van der Waals surface area contributed by atoms with Crippen molar-refractivity contribution < 1.29 is 14.0 Å². The van der Waals surface area contributed by atoms with E-state index in [0.717, 1.165) is 38.5 Å². The number of halogens is 1. The molecule has 17 heavy (non-hydrogen) atoms. The fourth-order valence-corrected chi connectivity index (χ4v) is 3.27. The molecule has 1 heterocycles. The Kier molecular flexibility index (Phi) is 6.75. The molecule has 1 fully saturated rings. The monoisotopic (exact) mass is 281 g/mol. The summed E-state index contributed by atoms with van der Waals surface area (Å²) < 4.78 is 18.4. The predicted molar refractivity (Wildman–Crippen MR) is 70.0 cm³/mol. The molecule has 4 nitrogen and oxygen atoms in total. The minimum absolute atomic E-state index is 0.332. The van der Waals surface area contributed by atoms with Crippen molar-refractivity contribution in [3.8, 4) is 0 Å². The Morgan fingerprint density at radius 3 is 2.59 bits per heavy atom. The molecule has 1 rings (SSSR count). The molecule has 100 valence electrons. The van der Waals surface area contributed by atoms with Crippen LogP contribution in [0.1, 0.15) is 38.5 Å². The van der Waals surface area contributed by atoms with E-state index in [0.29, 0.717) is 24.7 Å². The maximum Gasteiger partial charge on any atom is 0.405 e. The number of allylic oxidation sites excluding steroid dienone is 1. The zero-order valence-electron chi connectivity index (χ0n) is 10.1. The van der Waals surface area contributed by atoms with E-state index < -0.39 is 7.75 Å². The third-order valence-corrected chi connectivity index (χ3v) is 4.61. The Morgan fingerprint density at radius 2 is 2.00 bits per heavy atom. The zero-order valence-corrected chi connectivity index (χ0v) is 11.8. The molecular formula is C11H21ClNO3P. The van der Waals surface area contributed by atoms with Gasteiger partial charge >= 0.3 is 7.75 Å². The van der Waals surface area contributed by atoms with Crippen molar-refractivity contribution in [3.63, 3.8) is 0 Å². The molecule has 0 amide bonds. The van der Waals surface area contributed by atoms with Gasteiger partial charge in [0, 0.05) is 18.1 Å². The fraction of sp³-hybridized carbons (Fsp3) is 0.818. The van der Waals surface area contributed by atoms with Gasteiger partial charge < -0.3 is 4.89 Å². The van der Waals surface area contributed by atoms with E-state index in [9.17, 15) is 9.46 Å². The molecule has 0 aromatic rings. The Morgan fingerprint density at radius 1 is 1.35 bits per heavy atom. The number of unbranched alkanes of at least 4 members (excludes halogenated alkanes) is 2. The first-order valence-electron chi connectivity index (χ1n) is 6.08. The Hall–Kier alpha value is 0.140. The van der Waals surface area contributed by atoms with Gasteiger partial charge in [0.25, 0.3) is 0 Å². The van der Waals surface area contributed by atoms with Gasteiger partial charge in [0.1, 0.15) is 0 Å². The van der Waals surface area contributed by atoms with Gasteiger partial charge in [-0.2, -0.15) is 0 Å². The first-order valence-corrected chi connectivity index (χ1v) is 7.99.